The van der Waals surface area contributed by atoms with E-state index in [-0.39, 0.29) is 23.1 Å². The maximum Gasteiger partial charge on any atom is 0.346 e. The minimum atomic E-state index is -0.680. The van der Waals surface area contributed by atoms with Gasteiger partial charge in [0, 0.05) is 11.1 Å². The molecule has 3 heterocycles. The minimum Gasteiger partial charge on any atom is -0.456 e. The van der Waals surface area contributed by atoms with Gasteiger partial charge in [-0.15, -0.1) is 0 Å². The average molecular weight is 374 g/mol. The lowest BCUT2D eigenvalue weighted by molar-refractivity contribution is -0.151. The van der Waals surface area contributed by atoms with Crippen LogP contribution in [0.5, 0.6) is 0 Å². The molecule has 7 nitrogen and oxygen atoms in total. The first-order valence-corrected chi connectivity index (χ1v) is 8.40. The Morgan fingerprint density at radius 1 is 0.714 bits per heavy atom. The fourth-order valence-corrected chi connectivity index (χ4v) is 3.32. The Kier molecular flexibility index (Phi) is 3.33. The predicted molar refractivity (Wildman–Crippen MR) is 93.7 cm³/mol. The number of hydrogen-bond donors (Lipinski definition) is 0. The molecule has 0 atom stereocenters. The molecule has 2 aliphatic heterocycles. The summed E-state index contributed by atoms with van der Waals surface area (Å²) in [5, 5.41) is 0. The van der Waals surface area contributed by atoms with E-state index in [2.05, 4.69) is 9.47 Å². The topological polar surface area (TPSA) is 99.9 Å². The Bertz CT molecular complexity index is 1200. The van der Waals surface area contributed by atoms with E-state index >= 15 is 0 Å². The molecule has 2 aromatic rings. The van der Waals surface area contributed by atoms with Gasteiger partial charge in [-0.2, -0.15) is 0 Å². The average Bonchev–Trinajstić information content (AvgIpc) is 3.28. The number of allylic oxidation sites excluding steroid dienone is 3. The normalized spacial score (nSPS) is 17.9. The molecule has 3 aliphatic rings. The lowest BCUT2D eigenvalue weighted by Gasteiger charge is -2.01. The fourth-order valence-electron chi connectivity index (χ4n) is 3.32. The summed E-state index contributed by atoms with van der Waals surface area (Å²) in [7, 11) is 0. The first kappa shape index (κ1) is 16.2. The van der Waals surface area contributed by atoms with E-state index in [0.717, 1.165) is 0 Å². The van der Waals surface area contributed by atoms with Gasteiger partial charge in [0.25, 0.3) is 0 Å². The minimum absolute atomic E-state index is 0.201. The van der Waals surface area contributed by atoms with E-state index < -0.39 is 23.9 Å². The van der Waals surface area contributed by atoms with Crippen molar-refractivity contribution in [2.24, 2.45) is 0 Å². The summed E-state index contributed by atoms with van der Waals surface area (Å²) in [6, 6.07) is 8.23. The summed E-state index contributed by atoms with van der Waals surface area (Å²) in [6.45, 7) is 0. The third-order valence-corrected chi connectivity index (χ3v) is 4.75. The van der Waals surface area contributed by atoms with Gasteiger partial charge in [-0.3, -0.25) is 0 Å². The van der Waals surface area contributed by atoms with Gasteiger partial charge in [-0.05, 0) is 36.8 Å². The van der Waals surface area contributed by atoms with Crippen molar-refractivity contribution >= 4 is 29.5 Å². The Hall–Kier alpha value is -4.00. The molecule has 136 valence electrons. The highest BCUT2D eigenvalue weighted by Gasteiger charge is 2.32. The quantitative estimate of drug-likeness (QED) is 0.588. The van der Waals surface area contributed by atoms with Crippen molar-refractivity contribution in [3.05, 3.63) is 76.6 Å². The van der Waals surface area contributed by atoms with Gasteiger partial charge in [0.15, 0.2) is 0 Å². The number of benzene rings is 1. The van der Waals surface area contributed by atoms with Crippen LogP contribution in [0.15, 0.2) is 64.1 Å². The van der Waals surface area contributed by atoms with Gasteiger partial charge in [0.05, 0.1) is 22.3 Å². The van der Waals surface area contributed by atoms with E-state index in [9.17, 15) is 19.2 Å². The molecule has 0 saturated heterocycles. The Labute approximate surface area is 157 Å². The molecule has 0 unspecified atom stereocenters. The van der Waals surface area contributed by atoms with Crippen LogP contribution in [-0.4, -0.2) is 23.9 Å². The van der Waals surface area contributed by atoms with Crippen molar-refractivity contribution in [3.8, 4) is 11.3 Å². The third-order valence-electron chi connectivity index (χ3n) is 4.75. The number of fused-ring (bicyclic) bond motifs is 1. The highest BCUT2D eigenvalue weighted by Crippen LogP contribution is 2.33. The van der Waals surface area contributed by atoms with E-state index in [1.807, 2.05) is 0 Å². The molecule has 0 saturated carbocycles. The molecule has 0 radical (unpaired) electrons. The Balaban J connectivity index is 1.46. The number of ether oxygens (including phenoxy) is 2. The zero-order chi connectivity index (χ0) is 19.4. The van der Waals surface area contributed by atoms with Crippen molar-refractivity contribution in [1.82, 2.24) is 0 Å². The lowest BCUT2D eigenvalue weighted by Crippen LogP contribution is -2.02. The van der Waals surface area contributed by atoms with Crippen LogP contribution in [0.25, 0.3) is 16.9 Å². The van der Waals surface area contributed by atoms with Gasteiger partial charge >= 0.3 is 23.9 Å². The first-order valence-electron chi connectivity index (χ1n) is 8.40. The van der Waals surface area contributed by atoms with Crippen LogP contribution in [-0.2, 0) is 19.1 Å². The van der Waals surface area contributed by atoms with Gasteiger partial charge in [0.1, 0.15) is 11.5 Å². The number of rotatable bonds is 2. The molecule has 0 N–H and O–H groups in total. The van der Waals surface area contributed by atoms with Crippen LogP contribution in [0.4, 0.5) is 0 Å². The molecular weight excluding hydrogens is 364 g/mol. The summed E-state index contributed by atoms with van der Waals surface area (Å²) in [5.41, 5.74) is 2.33. The van der Waals surface area contributed by atoms with Crippen LogP contribution in [0.2, 0.25) is 0 Å². The largest absolute Gasteiger partial charge is 0.456 e. The van der Waals surface area contributed by atoms with Crippen molar-refractivity contribution in [3.63, 3.8) is 0 Å². The van der Waals surface area contributed by atoms with E-state index in [1.54, 1.807) is 42.5 Å². The smallest absolute Gasteiger partial charge is 0.346 e. The zero-order valence-electron chi connectivity index (χ0n) is 14.2. The van der Waals surface area contributed by atoms with Crippen molar-refractivity contribution in [2.45, 2.75) is 6.42 Å². The molecule has 1 aromatic carbocycles. The first-order chi connectivity index (χ1) is 13.5. The highest BCUT2D eigenvalue weighted by molar-refractivity contribution is 6.15. The third kappa shape index (κ3) is 2.37. The van der Waals surface area contributed by atoms with Crippen LogP contribution >= 0.6 is 0 Å². The standard InChI is InChI=1S/C21H10O7/c22-18-12-4-1-10(2-5-13(12)19(23)27-18)16-7-8-17(26-16)11-3-6-14-15(9-11)21(25)28-20(14)24/h1-4,6-9H,5H2. The molecule has 7 heteroatoms. The summed E-state index contributed by atoms with van der Waals surface area (Å²) < 4.78 is 15.1. The maximum atomic E-state index is 11.7. The fraction of sp³-hybridized carbons (Fsp3) is 0.0476. The van der Waals surface area contributed by atoms with Crippen LogP contribution < -0.4 is 0 Å². The Morgan fingerprint density at radius 2 is 1.46 bits per heavy atom. The van der Waals surface area contributed by atoms with E-state index in [4.69, 9.17) is 4.42 Å². The number of esters is 4. The van der Waals surface area contributed by atoms with Crippen molar-refractivity contribution < 1.29 is 33.1 Å². The monoisotopic (exact) mass is 374 g/mol. The van der Waals surface area contributed by atoms with Crippen molar-refractivity contribution in [2.75, 3.05) is 0 Å². The van der Waals surface area contributed by atoms with Crippen LogP contribution in [0, 0.1) is 0 Å². The molecule has 0 fully saturated rings. The second kappa shape index (κ2) is 5.75. The molecular formula is C21H10O7. The van der Waals surface area contributed by atoms with Gasteiger partial charge in [-0.1, -0.05) is 18.2 Å². The zero-order valence-corrected chi connectivity index (χ0v) is 14.2. The van der Waals surface area contributed by atoms with E-state index in [1.165, 1.54) is 6.07 Å². The number of carbonyl (C=O) groups is 4. The van der Waals surface area contributed by atoms with Gasteiger partial charge < -0.3 is 13.9 Å². The molecule has 5 rings (SSSR count). The SMILES string of the molecule is O=C1OC(=O)C2=C1C=CC(c1ccc(-c3ccc4c(c3)C(=O)OC4=O)o1)=CC2. The molecule has 0 spiro atoms. The molecule has 1 aromatic heterocycles. The molecule has 0 bridgehead atoms. The van der Waals surface area contributed by atoms with Crippen LogP contribution in [0.3, 0.4) is 0 Å². The molecule has 1 aliphatic carbocycles. The second-order valence-corrected chi connectivity index (χ2v) is 6.37. The van der Waals surface area contributed by atoms with E-state index in [0.29, 0.717) is 28.2 Å². The number of hydrogen-bond acceptors (Lipinski definition) is 7. The summed E-state index contributed by atoms with van der Waals surface area (Å²) in [5.74, 6) is -1.58. The summed E-state index contributed by atoms with van der Waals surface area (Å²) >= 11 is 0. The summed E-state index contributed by atoms with van der Waals surface area (Å²) in [6.07, 6.45) is 5.26. The second-order valence-electron chi connectivity index (χ2n) is 6.37. The van der Waals surface area contributed by atoms with Crippen LogP contribution in [0.1, 0.15) is 32.9 Å². The van der Waals surface area contributed by atoms with Crippen molar-refractivity contribution in [1.29, 1.82) is 0 Å². The highest BCUT2D eigenvalue weighted by atomic mass is 16.6. The number of furan rings is 1. The van der Waals surface area contributed by atoms with Gasteiger partial charge in [-0.25, -0.2) is 19.2 Å². The number of carbonyl (C=O) groups excluding carboxylic acids is 4. The summed E-state index contributed by atoms with van der Waals surface area (Å²) in [4.78, 5) is 46.7. The predicted octanol–water partition coefficient (Wildman–Crippen LogP) is 2.98. The lowest BCUT2D eigenvalue weighted by atomic mass is 10.0. The Morgan fingerprint density at radius 3 is 2.32 bits per heavy atom. The molecule has 28 heavy (non-hydrogen) atoms. The van der Waals surface area contributed by atoms with Gasteiger partial charge in [0.2, 0.25) is 0 Å². The maximum absolute atomic E-state index is 11.7. The molecule has 0 amide bonds. The number of cyclic esters (lactones) is 4.